The maximum absolute atomic E-state index is 13.0. The van der Waals surface area contributed by atoms with E-state index in [0.29, 0.717) is 17.8 Å². The quantitative estimate of drug-likeness (QED) is 0.335. The van der Waals surface area contributed by atoms with E-state index in [9.17, 15) is 13.2 Å². The molecule has 9 nitrogen and oxygen atoms in total. The standard InChI is InChI=1S/C29H32N6O3S/c1-39(37,38)32-25-12-10-24(11-13-25)29(36)31-19-28-21-34(17-16-33(28)20-23-6-3-2-4-7-23)26-8-5-9-27(18-26)35-15-14-30-22-35/h2-15,18,22,28,32H,16-17,19-21H2,1H3,(H,31,36). The Bertz CT molecular complexity index is 1490. The van der Waals surface area contributed by atoms with Gasteiger partial charge in [0.2, 0.25) is 10.0 Å². The number of imidazole rings is 1. The third-order valence-corrected chi connectivity index (χ3v) is 7.39. The monoisotopic (exact) mass is 544 g/mol. The largest absolute Gasteiger partial charge is 0.369 e. The number of hydrogen-bond donors (Lipinski definition) is 2. The molecule has 2 N–H and O–H groups in total. The Morgan fingerprint density at radius 1 is 0.974 bits per heavy atom. The second-order valence-corrected chi connectivity index (χ2v) is 11.5. The number of amides is 1. The minimum absolute atomic E-state index is 0.0889. The lowest BCUT2D eigenvalue weighted by atomic mass is 10.1. The number of anilines is 2. The summed E-state index contributed by atoms with van der Waals surface area (Å²) in [6.07, 6.45) is 6.58. The highest BCUT2D eigenvalue weighted by Crippen LogP contribution is 2.23. The second kappa shape index (κ2) is 11.7. The van der Waals surface area contributed by atoms with Crippen molar-refractivity contribution in [1.82, 2.24) is 19.8 Å². The molecule has 1 aliphatic rings. The van der Waals surface area contributed by atoms with E-state index >= 15 is 0 Å². The van der Waals surface area contributed by atoms with Crippen LogP contribution in [0.25, 0.3) is 5.69 Å². The van der Waals surface area contributed by atoms with Crippen LogP contribution in [-0.4, -0.2) is 67.3 Å². The van der Waals surface area contributed by atoms with Crippen LogP contribution >= 0.6 is 0 Å². The molecule has 2 heterocycles. The van der Waals surface area contributed by atoms with Gasteiger partial charge in [0.25, 0.3) is 5.91 Å². The van der Waals surface area contributed by atoms with Gasteiger partial charge in [-0.05, 0) is 48.0 Å². The maximum Gasteiger partial charge on any atom is 0.251 e. The molecule has 0 spiro atoms. The normalized spacial score (nSPS) is 16.1. The molecule has 1 aromatic heterocycles. The summed E-state index contributed by atoms with van der Waals surface area (Å²) in [7, 11) is -3.38. The lowest BCUT2D eigenvalue weighted by Gasteiger charge is -2.42. The van der Waals surface area contributed by atoms with Gasteiger partial charge < -0.3 is 14.8 Å². The molecule has 1 atom stereocenters. The molecule has 39 heavy (non-hydrogen) atoms. The van der Waals surface area contributed by atoms with Crippen molar-refractivity contribution in [3.8, 4) is 5.69 Å². The van der Waals surface area contributed by atoms with Gasteiger partial charge in [0.15, 0.2) is 0 Å². The Balaban J connectivity index is 1.29. The Morgan fingerprint density at radius 3 is 2.46 bits per heavy atom. The Morgan fingerprint density at radius 2 is 1.74 bits per heavy atom. The minimum Gasteiger partial charge on any atom is -0.369 e. The molecule has 202 valence electrons. The van der Waals surface area contributed by atoms with E-state index in [1.807, 2.05) is 29.0 Å². The first-order chi connectivity index (χ1) is 18.8. The molecular weight excluding hydrogens is 512 g/mol. The van der Waals surface area contributed by atoms with E-state index in [-0.39, 0.29) is 11.9 Å². The fourth-order valence-corrected chi connectivity index (χ4v) is 5.39. The summed E-state index contributed by atoms with van der Waals surface area (Å²) in [5, 5.41) is 3.10. The van der Waals surface area contributed by atoms with E-state index in [0.717, 1.165) is 43.8 Å². The second-order valence-electron chi connectivity index (χ2n) is 9.71. The van der Waals surface area contributed by atoms with Crippen LogP contribution in [0.1, 0.15) is 15.9 Å². The van der Waals surface area contributed by atoms with Crippen LogP contribution in [0, 0.1) is 0 Å². The van der Waals surface area contributed by atoms with Crippen LogP contribution in [0.4, 0.5) is 11.4 Å². The van der Waals surface area contributed by atoms with Crippen LogP contribution in [0.2, 0.25) is 0 Å². The molecular formula is C29H32N6O3S. The van der Waals surface area contributed by atoms with Gasteiger partial charge in [0, 0.05) is 73.8 Å². The third-order valence-electron chi connectivity index (χ3n) is 6.78. The lowest BCUT2D eigenvalue weighted by Crippen LogP contribution is -2.56. The van der Waals surface area contributed by atoms with Crippen molar-refractivity contribution in [3.05, 3.63) is 109 Å². The number of hydrogen-bond acceptors (Lipinski definition) is 6. The molecule has 1 saturated heterocycles. The van der Waals surface area contributed by atoms with Gasteiger partial charge >= 0.3 is 0 Å². The molecule has 0 aliphatic carbocycles. The first-order valence-corrected chi connectivity index (χ1v) is 14.7. The number of nitrogens with zero attached hydrogens (tertiary/aromatic N) is 4. The Kier molecular flexibility index (Phi) is 7.94. The zero-order valence-corrected chi connectivity index (χ0v) is 22.6. The van der Waals surface area contributed by atoms with Gasteiger partial charge in [-0.2, -0.15) is 0 Å². The number of carbonyl (C=O) groups is 1. The van der Waals surface area contributed by atoms with Crippen LogP contribution < -0.4 is 14.9 Å². The fourth-order valence-electron chi connectivity index (χ4n) is 4.83. The predicted molar refractivity (Wildman–Crippen MR) is 154 cm³/mol. The van der Waals surface area contributed by atoms with Crippen LogP contribution in [0.3, 0.4) is 0 Å². The summed E-state index contributed by atoms with van der Waals surface area (Å²) in [5.41, 5.74) is 4.31. The molecule has 1 unspecified atom stereocenters. The maximum atomic E-state index is 13.0. The summed E-state index contributed by atoms with van der Waals surface area (Å²) in [6.45, 7) is 3.77. The van der Waals surface area contributed by atoms with Crippen molar-refractivity contribution in [3.63, 3.8) is 0 Å². The van der Waals surface area contributed by atoms with Crippen molar-refractivity contribution in [2.24, 2.45) is 0 Å². The molecule has 1 amide bonds. The van der Waals surface area contributed by atoms with Gasteiger partial charge in [-0.1, -0.05) is 36.4 Å². The third kappa shape index (κ3) is 7.04. The van der Waals surface area contributed by atoms with E-state index in [2.05, 4.69) is 61.2 Å². The average Bonchev–Trinajstić information content (AvgIpc) is 3.48. The Labute approximate surface area is 229 Å². The summed E-state index contributed by atoms with van der Waals surface area (Å²) in [5.74, 6) is -0.195. The van der Waals surface area contributed by atoms with Crippen molar-refractivity contribution >= 4 is 27.3 Å². The molecule has 10 heteroatoms. The molecule has 0 bridgehead atoms. The van der Waals surface area contributed by atoms with Crippen molar-refractivity contribution < 1.29 is 13.2 Å². The van der Waals surface area contributed by atoms with Crippen molar-refractivity contribution in [2.45, 2.75) is 12.6 Å². The highest BCUT2D eigenvalue weighted by Gasteiger charge is 2.28. The number of nitrogens with one attached hydrogen (secondary N) is 2. The van der Waals surface area contributed by atoms with Crippen LogP contribution in [0.15, 0.2) is 97.6 Å². The van der Waals surface area contributed by atoms with Gasteiger partial charge in [0.05, 0.1) is 12.6 Å². The smallest absolute Gasteiger partial charge is 0.251 e. The molecule has 1 aliphatic heterocycles. The molecule has 5 rings (SSSR count). The average molecular weight is 545 g/mol. The SMILES string of the molecule is CS(=O)(=O)Nc1ccc(C(=O)NCC2CN(c3cccc(-n4ccnc4)c3)CCN2Cc2ccccc2)cc1. The van der Waals surface area contributed by atoms with Gasteiger partial charge in [-0.15, -0.1) is 0 Å². The zero-order chi connectivity index (χ0) is 27.2. The summed E-state index contributed by atoms with van der Waals surface area (Å²) in [6, 6.07) is 25.3. The molecule has 0 radical (unpaired) electrons. The summed E-state index contributed by atoms with van der Waals surface area (Å²) >= 11 is 0. The minimum atomic E-state index is -3.38. The van der Waals surface area contributed by atoms with Crippen molar-refractivity contribution in [2.75, 3.05) is 42.1 Å². The first kappa shape index (κ1) is 26.5. The number of piperazine rings is 1. The highest BCUT2D eigenvalue weighted by atomic mass is 32.2. The number of sulfonamides is 1. The van der Waals surface area contributed by atoms with E-state index in [1.165, 1.54) is 5.56 Å². The lowest BCUT2D eigenvalue weighted by molar-refractivity contribution is 0.0924. The van der Waals surface area contributed by atoms with E-state index in [1.54, 1.807) is 36.8 Å². The van der Waals surface area contributed by atoms with E-state index in [4.69, 9.17) is 0 Å². The summed E-state index contributed by atoms with van der Waals surface area (Å²) in [4.78, 5) is 21.9. The summed E-state index contributed by atoms with van der Waals surface area (Å²) < 4.78 is 27.3. The van der Waals surface area contributed by atoms with Gasteiger partial charge in [-0.3, -0.25) is 14.4 Å². The topological polar surface area (TPSA) is 99.6 Å². The molecule has 4 aromatic rings. The molecule has 3 aromatic carbocycles. The van der Waals surface area contributed by atoms with Crippen LogP contribution in [-0.2, 0) is 16.6 Å². The molecule has 1 fully saturated rings. The van der Waals surface area contributed by atoms with Crippen molar-refractivity contribution in [1.29, 1.82) is 0 Å². The van der Waals surface area contributed by atoms with Gasteiger partial charge in [0.1, 0.15) is 0 Å². The predicted octanol–water partition coefficient (Wildman–Crippen LogP) is 3.36. The van der Waals surface area contributed by atoms with Gasteiger partial charge in [-0.25, -0.2) is 13.4 Å². The fraction of sp³-hybridized carbons (Fsp3) is 0.241. The number of carbonyl (C=O) groups excluding carboxylic acids is 1. The van der Waals surface area contributed by atoms with E-state index < -0.39 is 10.0 Å². The van der Waals surface area contributed by atoms with Crippen LogP contribution in [0.5, 0.6) is 0 Å². The highest BCUT2D eigenvalue weighted by molar-refractivity contribution is 7.92. The number of aromatic nitrogens is 2. The number of benzene rings is 3. The molecule has 0 saturated carbocycles. The number of rotatable bonds is 9. The Hall–Kier alpha value is -4.15. The zero-order valence-electron chi connectivity index (χ0n) is 21.8. The first-order valence-electron chi connectivity index (χ1n) is 12.8.